The molecule has 0 aliphatic heterocycles. The molecule has 6 nitrogen and oxygen atoms in total. The van der Waals surface area contributed by atoms with Gasteiger partial charge in [0.15, 0.2) is 0 Å². The van der Waals surface area contributed by atoms with Gasteiger partial charge >= 0.3 is 6.55 Å². The van der Waals surface area contributed by atoms with Crippen LogP contribution >= 0.6 is 0 Å². The topological polar surface area (TPSA) is 76.9 Å². The van der Waals surface area contributed by atoms with E-state index in [9.17, 15) is 17.2 Å². The normalized spacial score (nSPS) is 13.5. The maximum Gasteiger partial charge on any atom is 0.333 e. The van der Waals surface area contributed by atoms with E-state index in [-0.39, 0.29) is 16.3 Å². The van der Waals surface area contributed by atoms with Gasteiger partial charge in [-0.05, 0) is 32.9 Å². The van der Waals surface area contributed by atoms with E-state index in [1.165, 1.54) is 13.8 Å². The van der Waals surface area contributed by atoms with Crippen LogP contribution < -0.4 is 4.72 Å². The van der Waals surface area contributed by atoms with Gasteiger partial charge in [0.2, 0.25) is 10.0 Å². The quantitative estimate of drug-likeness (QED) is 0.871. The molecular formula is C14H18F2N4O2S. The highest BCUT2D eigenvalue weighted by Crippen LogP contribution is 2.23. The molecule has 0 aromatic carbocycles. The molecule has 0 radical (unpaired) electrons. The number of alkyl halides is 2. The lowest BCUT2D eigenvalue weighted by Gasteiger charge is -2.14. The highest BCUT2D eigenvalue weighted by Gasteiger charge is 2.28. The zero-order valence-electron chi connectivity index (χ0n) is 13.0. The molecule has 0 saturated carbocycles. The van der Waals surface area contributed by atoms with Crippen molar-refractivity contribution in [2.24, 2.45) is 0 Å². The Morgan fingerprint density at radius 2 is 2.00 bits per heavy atom. The molecule has 2 heterocycles. The van der Waals surface area contributed by atoms with Crippen molar-refractivity contribution >= 4 is 10.0 Å². The number of aromatic nitrogens is 3. The number of aryl methyl sites for hydroxylation is 1. The number of pyridine rings is 1. The summed E-state index contributed by atoms with van der Waals surface area (Å²) in [6.45, 7) is 1.51. The fourth-order valence-corrected chi connectivity index (χ4v) is 4.07. The number of hydrogen-bond donors (Lipinski definition) is 1. The molecule has 1 atom stereocenters. The zero-order valence-corrected chi connectivity index (χ0v) is 13.8. The lowest BCUT2D eigenvalue weighted by atomic mass is 10.2. The van der Waals surface area contributed by atoms with Crippen molar-refractivity contribution in [3.8, 4) is 0 Å². The first kappa shape index (κ1) is 17.5. The van der Waals surface area contributed by atoms with E-state index in [1.54, 1.807) is 25.3 Å². The van der Waals surface area contributed by atoms with Crippen LogP contribution in [0.1, 0.15) is 30.6 Å². The fourth-order valence-electron chi connectivity index (χ4n) is 2.42. The highest BCUT2D eigenvalue weighted by atomic mass is 32.2. The van der Waals surface area contributed by atoms with Gasteiger partial charge in [-0.2, -0.15) is 13.9 Å². The minimum Gasteiger partial charge on any atom is -0.261 e. The summed E-state index contributed by atoms with van der Waals surface area (Å²) in [6.07, 6.45) is 2.01. The second kappa shape index (κ2) is 6.71. The molecule has 23 heavy (non-hydrogen) atoms. The summed E-state index contributed by atoms with van der Waals surface area (Å²) in [5.41, 5.74) is 0.690. The number of halogens is 2. The molecule has 2 rings (SSSR count). The monoisotopic (exact) mass is 344 g/mol. The van der Waals surface area contributed by atoms with Crippen LogP contribution in [0.2, 0.25) is 0 Å². The number of nitrogens with zero attached hydrogens (tertiary/aromatic N) is 3. The zero-order chi connectivity index (χ0) is 17.2. The Labute approximate surface area is 133 Å². The Hall–Kier alpha value is -1.87. The minimum absolute atomic E-state index is 0.0420. The van der Waals surface area contributed by atoms with Crippen molar-refractivity contribution in [2.75, 3.05) is 0 Å². The molecule has 2 aromatic rings. The SMILES string of the molecule is Cc1nn(C(F)F)c(C)c1S(=O)(=O)NC(C)Cc1ccccn1. The largest absolute Gasteiger partial charge is 0.333 e. The van der Waals surface area contributed by atoms with E-state index in [1.807, 2.05) is 6.07 Å². The molecule has 2 aromatic heterocycles. The fraction of sp³-hybridized carbons (Fsp3) is 0.429. The van der Waals surface area contributed by atoms with Gasteiger partial charge in [0.05, 0.1) is 11.4 Å². The third-order valence-electron chi connectivity index (χ3n) is 3.31. The lowest BCUT2D eigenvalue weighted by molar-refractivity contribution is 0.0538. The Morgan fingerprint density at radius 1 is 1.30 bits per heavy atom. The third-order valence-corrected chi connectivity index (χ3v) is 5.15. The standard InChI is InChI=1S/C14H18F2N4O2S/c1-9(8-12-6-4-5-7-17-12)19-23(21,22)13-10(2)18-20(11(13)3)14(15)16/h4-7,9,14,19H,8H2,1-3H3. The van der Waals surface area contributed by atoms with E-state index in [4.69, 9.17) is 0 Å². The first-order valence-electron chi connectivity index (χ1n) is 6.98. The minimum atomic E-state index is -3.95. The molecular weight excluding hydrogens is 326 g/mol. The Balaban J connectivity index is 2.22. The molecule has 0 aliphatic rings. The second-order valence-corrected chi connectivity index (χ2v) is 6.92. The van der Waals surface area contributed by atoms with Crippen molar-refractivity contribution in [1.82, 2.24) is 19.5 Å². The van der Waals surface area contributed by atoms with Gasteiger partial charge in [-0.1, -0.05) is 6.07 Å². The smallest absolute Gasteiger partial charge is 0.261 e. The molecule has 1 unspecified atom stereocenters. The van der Waals surface area contributed by atoms with Gasteiger partial charge in [-0.3, -0.25) is 4.98 Å². The first-order valence-corrected chi connectivity index (χ1v) is 8.46. The van der Waals surface area contributed by atoms with Crippen LogP contribution in [-0.4, -0.2) is 29.2 Å². The Kier molecular flexibility index (Phi) is 5.10. The van der Waals surface area contributed by atoms with Crippen molar-refractivity contribution in [3.05, 3.63) is 41.5 Å². The van der Waals surface area contributed by atoms with E-state index in [0.29, 0.717) is 11.1 Å². The molecule has 0 amide bonds. The number of nitrogens with one attached hydrogen (secondary N) is 1. The lowest BCUT2D eigenvalue weighted by Crippen LogP contribution is -2.34. The van der Waals surface area contributed by atoms with E-state index in [2.05, 4.69) is 14.8 Å². The number of hydrogen-bond acceptors (Lipinski definition) is 4. The number of sulfonamides is 1. The van der Waals surface area contributed by atoms with Crippen molar-refractivity contribution < 1.29 is 17.2 Å². The Morgan fingerprint density at radius 3 is 2.52 bits per heavy atom. The van der Waals surface area contributed by atoms with E-state index < -0.39 is 22.6 Å². The summed E-state index contributed by atoms with van der Waals surface area (Å²) in [5, 5.41) is 3.60. The first-order chi connectivity index (χ1) is 10.7. The van der Waals surface area contributed by atoms with E-state index in [0.717, 1.165) is 5.69 Å². The summed E-state index contributed by atoms with van der Waals surface area (Å²) < 4.78 is 53.5. The molecule has 0 bridgehead atoms. The molecule has 0 spiro atoms. The predicted molar refractivity (Wildman–Crippen MR) is 80.7 cm³/mol. The van der Waals surface area contributed by atoms with Crippen molar-refractivity contribution in [1.29, 1.82) is 0 Å². The summed E-state index contributed by atoms with van der Waals surface area (Å²) >= 11 is 0. The van der Waals surface area contributed by atoms with Crippen molar-refractivity contribution in [2.45, 2.75) is 44.7 Å². The molecule has 0 saturated heterocycles. The average molecular weight is 344 g/mol. The Bertz CT molecular complexity index is 776. The van der Waals surface area contributed by atoms with Crippen LogP contribution in [0.15, 0.2) is 29.3 Å². The van der Waals surface area contributed by atoms with Crippen LogP contribution in [0, 0.1) is 13.8 Å². The van der Waals surface area contributed by atoms with Crippen LogP contribution in [0.3, 0.4) is 0 Å². The summed E-state index contributed by atoms with van der Waals surface area (Å²) in [4.78, 5) is 3.93. The maximum atomic E-state index is 12.8. The number of rotatable bonds is 6. The molecule has 126 valence electrons. The van der Waals surface area contributed by atoms with Crippen LogP contribution in [0.5, 0.6) is 0 Å². The summed E-state index contributed by atoms with van der Waals surface area (Å²) in [7, 11) is -3.95. The van der Waals surface area contributed by atoms with Gasteiger partial charge in [-0.25, -0.2) is 17.8 Å². The highest BCUT2D eigenvalue weighted by molar-refractivity contribution is 7.89. The van der Waals surface area contributed by atoms with Crippen molar-refractivity contribution in [3.63, 3.8) is 0 Å². The molecule has 0 aliphatic carbocycles. The van der Waals surface area contributed by atoms with Gasteiger partial charge in [-0.15, -0.1) is 0 Å². The van der Waals surface area contributed by atoms with Crippen LogP contribution in [0.25, 0.3) is 0 Å². The summed E-state index contributed by atoms with van der Waals surface area (Å²) in [5.74, 6) is 0. The van der Waals surface area contributed by atoms with Gasteiger partial charge < -0.3 is 0 Å². The van der Waals surface area contributed by atoms with Crippen LogP contribution in [-0.2, 0) is 16.4 Å². The predicted octanol–water partition coefficient (Wildman–Crippen LogP) is 2.20. The summed E-state index contributed by atoms with van der Waals surface area (Å²) in [6, 6.07) is 4.92. The van der Waals surface area contributed by atoms with Gasteiger partial charge in [0.1, 0.15) is 4.90 Å². The van der Waals surface area contributed by atoms with Gasteiger partial charge in [0, 0.05) is 24.4 Å². The van der Waals surface area contributed by atoms with E-state index >= 15 is 0 Å². The maximum absolute atomic E-state index is 12.8. The second-order valence-electron chi connectivity index (χ2n) is 5.27. The molecule has 0 fully saturated rings. The molecule has 9 heteroatoms. The average Bonchev–Trinajstić information content (AvgIpc) is 2.75. The van der Waals surface area contributed by atoms with Crippen LogP contribution in [0.4, 0.5) is 8.78 Å². The van der Waals surface area contributed by atoms with Gasteiger partial charge in [0.25, 0.3) is 0 Å². The molecule has 1 N–H and O–H groups in total. The third kappa shape index (κ3) is 3.91.